The lowest BCUT2D eigenvalue weighted by atomic mass is 10.3. The van der Waals surface area contributed by atoms with Crippen molar-refractivity contribution in [3.8, 4) is 0 Å². The Hall–Kier alpha value is -1.10. The van der Waals surface area contributed by atoms with Crippen LogP contribution in [0.25, 0.3) is 0 Å². The fraction of sp³-hybridized carbons (Fsp3) is 0.833. The van der Waals surface area contributed by atoms with Crippen LogP contribution in [0, 0.1) is 0 Å². The fourth-order valence-electron chi connectivity index (χ4n) is 1.26. The van der Waals surface area contributed by atoms with Crippen molar-refractivity contribution in [2.45, 2.75) is 52.7 Å². The highest BCUT2D eigenvalue weighted by Gasteiger charge is 2.13. The number of hydrogen-bond donors (Lipinski definition) is 2. The zero-order valence-corrected chi connectivity index (χ0v) is 11.2. The van der Waals surface area contributed by atoms with Gasteiger partial charge in [0.15, 0.2) is 0 Å². The largest absolute Gasteiger partial charge is 0.372 e. The SMILES string of the molecule is CCC(=O)NCC(CNC(=O)CC)OC(C)C. The van der Waals surface area contributed by atoms with Gasteiger partial charge >= 0.3 is 0 Å². The first-order valence-electron chi connectivity index (χ1n) is 6.18. The topological polar surface area (TPSA) is 67.4 Å². The molecule has 0 saturated heterocycles. The van der Waals surface area contributed by atoms with Crippen molar-refractivity contribution in [1.82, 2.24) is 10.6 Å². The third-order valence-corrected chi connectivity index (χ3v) is 2.16. The number of hydrogen-bond acceptors (Lipinski definition) is 3. The van der Waals surface area contributed by atoms with E-state index in [1.165, 1.54) is 0 Å². The van der Waals surface area contributed by atoms with Gasteiger partial charge in [-0.1, -0.05) is 13.8 Å². The molecule has 0 aromatic carbocycles. The number of nitrogens with one attached hydrogen (secondary N) is 2. The summed E-state index contributed by atoms with van der Waals surface area (Å²) in [6.45, 7) is 8.30. The van der Waals surface area contributed by atoms with Gasteiger partial charge in [-0.15, -0.1) is 0 Å². The first-order valence-corrected chi connectivity index (χ1v) is 6.18. The summed E-state index contributed by atoms with van der Waals surface area (Å²) < 4.78 is 5.61. The summed E-state index contributed by atoms with van der Waals surface area (Å²) in [5.41, 5.74) is 0. The molecule has 0 aliphatic heterocycles. The Labute approximate surface area is 103 Å². The molecule has 17 heavy (non-hydrogen) atoms. The second-order valence-electron chi connectivity index (χ2n) is 4.12. The van der Waals surface area contributed by atoms with Gasteiger partial charge in [-0.05, 0) is 13.8 Å². The van der Waals surface area contributed by atoms with Gasteiger partial charge in [0.05, 0.1) is 12.2 Å². The van der Waals surface area contributed by atoms with E-state index in [2.05, 4.69) is 10.6 Å². The first kappa shape index (κ1) is 15.9. The molecule has 0 unspecified atom stereocenters. The highest BCUT2D eigenvalue weighted by Crippen LogP contribution is 1.97. The monoisotopic (exact) mass is 244 g/mol. The van der Waals surface area contributed by atoms with Crippen molar-refractivity contribution in [1.29, 1.82) is 0 Å². The molecule has 0 atom stereocenters. The Bertz CT molecular complexity index is 222. The third kappa shape index (κ3) is 8.68. The Morgan fingerprint density at radius 1 is 1.00 bits per heavy atom. The van der Waals surface area contributed by atoms with Gasteiger partial charge in [0.2, 0.25) is 11.8 Å². The van der Waals surface area contributed by atoms with Crippen molar-refractivity contribution in [3.63, 3.8) is 0 Å². The average Bonchev–Trinajstić information content (AvgIpc) is 2.30. The van der Waals surface area contributed by atoms with Crippen LogP contribution in [-0.4, -0.2) is 37.1 Å². The summed E-state index contributed by atoms with van der Waals surface area (Å²) >= 11 is 0. The van der Waals surface area contributed by atoms with Crippen LogP contribution >= 0.6 is 0 Å². The van der Waals surface area contributed by atoms with E-state index in [0.717, 1.165) is 0 Å². The number of ether oxygens (including phenoxy) is 1. The number of carbonyl (C=O) groups excluding carboxylic acids is 2. The smallest absolute Gasteiger partial charge is 0.219 e. The average molecular weight is 244 g/mol. The highest BCUT2D eigenvalue weighted by molar-refractivity contribution is 5.76. The molecule has 0 radical (unpaired) electrons. The lowest BCUT2D eigenvalue weighted by Crippen LogP contribution is -2.42. The van der Waals surface area contributed by atoms with Gasteiger partial charge in [0.1, 0.15) is 0 Å². The quantitative estimate of drug-likeness (QED) is 0.664. The van der Waals surface area contributed by atoms with E-state index in [9.17, 15) is 9.59 Å². The fourth-order valence-corrected chi connectivity index (χ4v) is 1.26. The van der Waals surface area contributed by atoms with Crippen molar-refractivity contribution in [2.24, 2.45) is 0 Å². The minimum atomic E-state index is -0.180. The third-order valence-electron chi connectivity index (χ3n) is 2.16. The van der Waals surface area contributed by atoms with Crippen LogP contribution in [0.15, 0.2) is 0 Å². The summed E-state index contributed by atoms with van der Waals surface area (Å²) in [7, 11) is 0. The molecule has 0 saturated carbocycles. The lowest BCUT2D eigenvalue weighted by Gasteiger charge is -2.21. The zero-order valence-electron chi connectivity index (χ0n) is 11.2. The molecule has 0 heterocycles. The molecule has 2 N–H and O–H groups in total. The van der Waals surface area contributed by atoms with Crippen molar-refractivity contribution >= 4 is 11.8 Å². The predicted molar refractivity (Wildman–Crippen MR) is 66.6 cm³/mol. The van der Waals surface area contributed by atoms with E-state index in [1.54, 1.807) is 13.8 Å². The molecule has 0 aliphatic carbocycles. The molecule has 0 aromatic rings. The van der Waals surface area contributed by atoms with E-state index >= 15 is 0 Å². The molecule has 0 aliphatic rings. The molecule has 0 spiro atoms. The van der Waals surface area contributed by atoms with E-state index in [0.29, 0.717) is 25.9 Å². The standard InChI is InChI=1S/C12H24N2O3/c1-5-11(15)13-7-10(17-9(3)4)8-14-12(16)6-2/h9-10H,5-8H2,1-4H3,(H,13,15)(H,14,16). The predicted octanol–water partition coefficient (Wildman–Crippen LogP) is 0.832. The minimum Gasteiger partial charge on any atom is -0.372 e. The van der Waals surface area contributed by atoms with Crippen LogP contribution < -0.4 is 10.6 Å². The Kier molecular flexibility index (Phi) is 8.40. The second kappa shape index (κ2) is 8.98. The van der Waals surface area contributed by atoms with Crippen molar-refractivity contribution in [3.05, 3.63) is 0 Å². The number of carbonyl (C=O) groups is 2. The van der Waals surface area contributed by atoms with Crippen molar-refractivity contribution in [2.75, 3.05) is 13.1 Å². The summed E-state index contributed by atoms with van der Waals surface area (Å²) in [6, 6.07) is 0. The first-order chi connectivity index (χ1) is 7.99. The van der Waals surface area contributed by atoms with E-state index in [-0.39, 0.29) is 24.0 Å². The van der Waals surface area contributed by atoms with Gasteiger partial charge in [-0.25, -0.2) is 0 Å². The van der Waals surface area contributed by atoms with Crippen LogP contribution in [-0.2, 0) is 14.3 Å². The highest BCUT2D eigenvalue weighted by atomic mass is 16.5. The molecule has 0 rings (SSSR count). The van der Waals surface area contributed by atoms with Gasteiger partial charge in [0.25, 0.3) is 0 Å². The summed E-state index contributed by atoms with van der Waals surface area (Å²) in [4.78, 5) is 22.3. The van der Waals surface area contributed by atoms with Crippen LogP contribution in [0.4, 0.5) is 0 Å². The lowest BCUT2D eigenvalue weighted by molar-refractivity contribution is -0.122. The van der Waals surface area contributed by atoms with E-state index in [1.807, 2.05) is 13.8 Å². The minimum absolute atomic E-state index is 0.0100. The summed E-state index contributed by atoms with van der Waals surface area (Å²) in [5.74, 6) is -0.0200. The molecular formula is C12H24N2O3. The van der Waals surface area contributed by atoms with E-state index in [4.69, 9.17) is 4.74 Å². The van der Waals surface area contributed by atoms with Gasteiger partial charge in [-0.2, -0.15) is 0 Å². The molecule has 5 heteroatoms. The van der Waals surface area contributed by atoms with Crippen LogP contribution in [0.2, 0.25) is 0 Å². The Morgan fingerprint density at radius 2 is 1.41 bits per heavy atom. The summed E-state index contributed by atoms with van der Waals surface area (Å²) in [6.07, 6.45) is 0.795. The second-order valence-corrected chi connectivity index (χ2v) is 4.12. The summed E-state index contributed by atoms with van der Waals surface area (Å²) in [5, 5.41) is 5.53. The normalized spacial score (nSPS) is 10.7. The van der Waals surface area contributed by atoms with E-state index < -0.39 is 0 Å². The number of amides is 2. The molecule has 0 aromatic heterocycles. The molecule has 5 nitrogen and oxygen atoms in total. The maximum absolute atomic E-state index is 11.1. The Morgan fingerprint density at radius 3 is 1.71 bits per heavy atom. The molecular weight excluding hydrogens is 220 g/mol. The van der Waals surface area contributed by atoms with Crippen LogP contribution in [0.3, 0.4) is 0 Å². The van der Waals surface area contributed by atoms with Crippen LogP contribution in [0.1, 0.15) is 40.5 Å². The van der Waals surface area contributed by atoms with Crippen LogP contribution in [0.5, 0.6) is 0 Å². The maximum atomic E-state index is 11.1. The molecule has 0 bridgehead atoms. The van der Waals surface area contributed by atoms with Crippen molar-refractivity contribution < 1.29 is 14.3 Å². The van der Waals surface area contributed by atoms with Gasteiger partial charge in [0, 0.05) is 25.9 Å². The zero-order chi connectivity index (χ0) is 13.3. The molecule has 100 valence electrons. The Balaban J connectivity index is 4.04. The maximum Gasteiger partial charge on any atom is 0.219 e. The number of rotatable bonds is 8. The van der Waals surface area contributed by atoms with Gasteiger partial charge < -0.3 is 15.4 Å². The molecule has 0 fully saturated rings. The molecule has 2 amide bonds. The van der Waals surface area contributed by atoms with Gasteiger partial charge in [-0.3, -0.25) is 9.59 Å².